The van der Waals surface area contributed by atoms with Gasteiger partial charge in [-0.25, -0.2) is 0 Å². The van der Waals surface area contributed by atoms with Crippen LogP contribution >= 0.6 is 0 Å². The first-order valence-electron chi connectivity index (χ1n) is 9.99. The molecule has 1 aliphatic heterocycles. The van der Waals surface area contributed by atoms with Crippen LogP contribution in [-0.4, -0.2) is 49.0 Å². The third-order valence-corrected chi connectivity index (χ3v) is 5.31. The summed E-state index contributed by atoms with van der Waals surface area (Å²) in [5, 5.41) is 0. The maximum Gasteiger partial charge on any atom is 0.325 e. The normalized spacial score (nSPS) is 17.1. The number of benzene rings is 2. The molecule has 0 radical (unpaired) electrons. The standard InChI is InChI=1S/C23H26N2O5/c1-29-23(28)21(16-7-3-2-4-8-16)19-9-5-6-14-25(19)22(27)17-10-12-18(13-11-17)30-20(26)15-24/h2-4,7-8,10-13,19,21H,5-6,9,14-15,24H2,1H3. The highest BCUT2D eigenvalue weighted by Gasteiger charge is 2.38. The molecule has 2 N–H and O–H groups in total. The van der Waals surface area contributed by atoms with E-state index >= 15 is 0 Å². The molecule has 0 bridgehead atoms. The van der Waals surface area contributed by atoms with E-state index in [-0.39, 0.29) is 24.5 Å². The fourth-order valence-electron chi connectivity index (χ4n) is 3.86. The number of nitrogens with two attached hydrogens (primary N) is 1. The second kappa shape index (κ2) is 10.0. The van der Waals surface area contributed by atoms with Crippen LogP contribution in [0.4, 0.5) is 0 Å². The van der Waals surface area contributed by atoms with Crippen molar-refractivity contribution < 1.29 is 23.9 Å². The summed E-state index contributed by atoms with van der Waals surface area (Å²) >= 11 is 0. The molecule has 0 aromatic heterocycles. The van der Waals surface area contributed by atoms with Crippen LogP contribution in [-0.2, 0) is 14.3 Å². The van der Waals surface area contributed by atoms with Gasteiger partial charge in [0, 0.05) is 18.2 Å². The van der Waals surface area contributed by atoms with Gasteiger partial charge < -0.3 is 20.1 Å². The molecule has 2 aromatic rings. The number of rotatable bonds is 6. The van der Waals surface area contributed by atoms with Crippen LogP contribution < -0.4 is 10.5 Å². The van der Waals surface area contributed by atoms with Gasteiger partial charge in [-0.3, -0.25) is 14.4 Å². The van der Waals surface area contributed by atoms with Crippen molar-refractivity contribution in [1.29, 1.82) is 0 Å². The van der Waals surface area contributed by atoms with Crippen molar-refractivity contribution in [2.75, 3.05) is 20.2 Å². The van der Waals surface area contributed by atoms with E-state index in [1.807, 2.05) is 30.3 Å². The third kappa shape index (κ3) is 4.86. The van der Waals surface area contributed by atoms with Gasteiger partial charge in [-0.05, 0) is 49.1 Å². The Morgan fingerprint density at radius 3 is 2.40 bits per heavy atom. The molecule has 0 spiro atoms. The molecule has 1 aliphatic rings. The van der Waals surface area contributed by atoms with E-state index in [9.17, 15) is 14.4 Å². The predicted octanol–water partition coefficient (Wildman–Crippen LogP) is 2.50. The number of amides is 1. The average molecular weight is 410 g/mol. The van der Waals surface area contributed by atoms with E-state index in [1.165, 1.54) is 7.11 Å². The molecule has 1 saturated heterocycles. The molecule has 3 rings (SSSR count). The van der Waals surface area contributed by atoms with Crippen molar-refractivity contribution in [2.24, 2.45) is 5.73 Å². The van der Waals surface area contributed by atoms with Gasteiger partial charge in [-0.15, -0.1) is 0 Å². The number of esters is 2. The van der Waals surface area contributed by atoms with Gasteiger partial charge in [-0.2, -0.15) is 0 Å². The van der Waals surface area contributed by atoms with Crippen LogP contribution in [0.3, 0.4) is 0 Å². The first-order valence-corrected chi connectivity index (χ1v) is 9.99. The lowest BCUT2D eigenvalue weighted by atomic mass is 9.84. The Balaban J connectivity index is 1.86. The summed E-state index contributed by atoms with van der Waals surface area (Å²) in [6.45, 7) is 0.346. The van der Waals surface area contributed by atoms with Crippen LogP contribution in [0.25, 0.3) is 0 Å². The average Bonchev–Trinajstić information content (AvgIpc) is 2.80. The quantitative estimate of drug-likeness (QED) is 0.580. The van der Waals surface area contributed by atoms with Crippen LogP contribution in [0, 0.1) is 0 Å². The minimum atomic E-state index is -0.551. The fourth-order valence-corrected chi connectivity index (χ4v) is 3.86. The van der Waals surface area contributed by atoms with Gasteiger partial charge in [0.15, 0.2) is 0 Å². The topological polar surface area (TPSA) is 98.9 Å². The largest absolute Gasteiger partial charge is 0.468 e. The summed E-state index contributed by atoms with van der Waals surface area (Å²) < 4.78 is 10.1. The number of likely N-dealkylation sites (tertiary alicyclic amines) is 1. The lowest BCUT2D eigenvalue weighted by Gasteiger charge is -2.39. The molecule has 2 aromatic carbocycles. The fraction of sp³-hybridized carbons (Fsp3) is 0.348. The van der Waals surface area contributed by atoms with Crippen molar-refractivity contribution in [3.63, 3.8) is 0 Å². The van der Waals surface area contributed by atoms with Crippen LogP contribution in [0.15, 0.2) is 54.6 Å². The molecular weight excluding hydrogens is 384 g/mol. The van der Waals surface area contributed by atoms with Crippen LogP contribution in [0.1, 0.15) is 41.1 Å². The summed E-state index contributed by atoms with van der Waals surface area (Å²) in [6, 6.07) is 15.5. The Morgan fingerprint density at radius 2 is 1.77 bits per heavy atom. The van der Waals surface area contributed by atoms with Gasteiger partial charge in [0.2, 0.25) is 0 Å². The number of carbonyl (C=O) groups is 3. The van der Waals surface area contributed by atoms with Gasteiger partial charge in [0.1, 0.15) is 11.7 Å². The van der Waals surface area contributed by atoms with E-state index in [0.717, 1.165) is 18.4 Å². The molecule has 0 saturated carbocycles. The van der Waals surface area contributed by atoms with Gasteiger partial charge in [0.05, 0.1) is 13.7 Å². The summed E-state index contributed by atoms with van der Waals surface area (Å²) in [5.41, 5.74) is 6.55. The van der Waals surface area contributed by atoms with E-state index in [0.29, 0.717) is 24.3 Å². The van der Waals surface area contributed by atoms with Crippen LogP contribution in [0.5, 0.6) is 5.75 Å². The highest BCUT2D eigenvalue weighted by molar-refractivity contribution is 5.95. The Labute approximate surface area is 175 Å². The summed E-state index contributed by atoms with van der Waals surface area (Å²) in [6.07, 6.45) is 2.52. The molecule has 1 amide bonds. The molecule has 0 aliphatic carbocycles. The van der Waals surface area contributed by atoms with E-state index in [2.05, 4.69) is 0 Å². The Kier molecular flexibility index (Phi) is 7.19. The number of hydrogen-bond donors (Lipinski definition) is 1. The monoisotopic (exact) mass is 410 g/mol. The number of nitrogens with zero attached hydrogens (tertiary/aromatic N) is 1. The van der Waals surface area contributed by atoms with E-state index in [4.69, 9.17) is 15.2 Å². The summed E-state index contributed by atoms with van der Waals surface area (Å²) in [7, 11) is 1.37. The molecule has 1 fully saturated rings. The van der Waals surface area contributed by atoms with Crippen LogP contribution in [0.2, 0.25) is 0 Å². The highest BCUT2D eigenvalue weighted by atomic mass is 16.5. The van der Waals surface area contributed by atoms with E-state index in [1.54, 1.807) is 29.2 Å². The number of carbonyl (C=O) groups excluding carboxylic acids is 3. The molecule has 2 unspecified atom stereocenters. The second-order valence-electron chi connectivity index (χ2n) is 7.18. The molecular formula is C23H26N2O5. The molecule has 30 heavy (non-hydrogen) atoms. The first-order chi connectivity index (χ1) is 14.5. The minimum absolute atomic E-state index is 0.166. The predicted molar refractivity (Wildman–Crippen MR) is 111 cm³/mol. The lowest BCUT2D eigenvalue weighted by molar-refractivity contribution is -0.144. The zero-order valence-electron chi connectivity index (χ0n) is 17.0. The number of piperidine rings is 1. The summed E-state index contributed by atoms with van der Waals surface area (Å²) in [5.74, 6) is -1.29. The lowest BCUT2D eigenvalue weighted by Crippen LogP contribution is -2.48. The van der Waals surface area contributed by atoms with Crippen molar-refractivity contribution in [3.8, 4) is 5.75 Å². The molecule has 7 heteroatoms. The molecule has 158 valence electrons. The SMILES string of the molecule is COC(=O)C(c1ccccc1)C1CCCCN1C(=O)c1ccc(OC(=O)CN)cc1. The Hall–Kier alpha value is -3.19. The van der Waals surface area contributed by atoms with Crippen molar-refractivity contribution in [2.45, 2.75) is 31.2 Å². The number of methoxy groups -OCH3 is 1. The van der Waals surface area contributed by atoms with Gasteiger partial charge in [-0.1, -0.05) is 30.3 Å². The Bertz CT molecular complexity index is 882. The third-order valence-electron chi connectivity index (χ3n) is 5.31. The maximum atomic E-state index is 13.3. The Morgan fingerprint density at radius 1 is 1.07 bits per heavy atom. The minimum Gasteiger partial charge on any atom is -0.468 e. The van der Waals surface area contributed by atoms with Crippen molar-refractivity contribution >= 4 is 17.8 Å². The highest BCUT2D eigenvalue weighted by Crippen LogP contribution is 2.32. The summed E-state index contributed by atoms with van der Waals surface area (Å²) in [4.78, 5) is 39.1. The van der Waals surface area contributed by atoms with Gasteiger partial charge >= 0.3 is 11.9 Å². The smallest absolute Gasteiger partial charge is 0.325 e. The molecule has 7 nitrogen and oxygen atoms in total. The molecule has 1 heterocycles. The number of ether oxygens (including phenoxy) is 2. The van der Waals surface area contributed by atoms with Crippen molar-refractivity contribution in [3.05, 3.63) is 65.7 Å². The second-order valence-corrected chi connectivity index (χ2v) is 7.18. The maximum absolute atomic E-state index is 13.3. The van der Waals surface area contributed by atoms with E-state index < -0.39 is 11.9 Å². The number of hydrogen-bond acceptors (Lipinski definition) is 6. The molecule has 2 atom stereocenters. The zero-order chi connectivity index (χ0) is 21.5. The zero-order valence-corrected chi connectivity index (χ0v) is 17.0. The van der Waals surface area contributed by atoms with Gasteiger partial charge in [0.25, 0.3) is 5.91 Å². The first kappa shape index (κ1) is 21.5. The van der Waals surface area contributed by atoms with Crippen molar-refractivity contribution in [1.82, 2.24) is 4.90 Å².